The molecule has 2 rings (SSSR count). The highest BCUT2D eigenvalue weighted by molar-refractivity contribution is 5.36. The zero-order chi connectivity index (χ0) is 14.5. The first-order valence-corrected chi connectivity index (χ1v) is 6.27. The van der Waals surface area contributed by atoms with Crippen LogP contribution < -0.4 is 15.2 Å². The third-order valence-corrected chi connectivity index (χ3v) is 2.89. The number of halogens is 1. The number of hydrogen-bond acceptors (Lipinski definition) is 4. The minimum atomic E-state index is -0.359. The first-order valence-electron chi connectivity index (χ1n) is 6.27. The van der Waals surface area contributed by atoms with E-state index in [1.54, 1.807) is 25.4 Å². The Hall–Kier alpha value is -2.14. The highest BCUT2D eigenvalue weighted by atomic mass is 19.1. The van der Waals surface area contributed by atoms with Gasteiger partial charge in [0.05, 0.1) is 12.7 Å². The maximum atomic E-state index is 13.3. The monoisotopic (exact) mass is 276 g/mol. The highest BCUT2D eigenvalue weighted by Crippen LogP contribution is 2.26. The molecule has 0 amide bonds. The van der Waals surface area contributed by atoms with Crippen LogP contribution in [0.1, 0.15) is 24.1 Å². The van der Waals surface area contributed by atoms with Crippen LogP contribution in [0.2, 0.25) is 0 Å². The molecule has 1 atom stereocenters. The predicted molar refractivity (Wildman–Crippen MR) is 74.1 cm³/mol. The Morgan fingerprint density at radius 3 is 2.85 bits per heavy atom. The topological polar surface area (TPSA) is 57.4 Å². The summed E-state index contributed by atoms with van der Waals surface area (Å²) in [5.74, 6) is 0.569. The molecule has 4 nitrogen and oxygen atoms in total. The van der Waals surface area contributed by atoms with Crippen LogP contribution in [-0.2, 0) is 6.61 Å². The van der Waals surface area contributed by atoms with E-state index in [9.17, 15) is 4.39 Å². The number of pyridine rings is 1. The van der Waals surface area contributed by atoms with Crippen LogP contribution >= 0.6 is 0 Å². The third-order valence-electron chi connectivity index (χ3n) is 2.89. The summed E-state index contributed by atoms with van der Waals surface area (Å²) >= 11 is 0. The molecule has 0 aliphatic heterocycles. The van der Waals surface area contributed by atoms with Crippen molar-refractivity contribution in [3.8, 4) is 11.6 Å². The predicted octanol–water partition coefficient (Wildman–Crippen LogP) is 2.83. The summed E-state index contributed by atoms with van der Waals surface area (Å²) < 4.78 is 24.1. The van der Waals surface area contributed by atoms with Crippen LogP contribution in [0.3, 0.4) is 0 Å². The molecular formula is C15H17FN2O2. The zero-order valence-electron chi connectivity index (χ0n) is 11.5. The number of hydrogen-bond donors (Lipinski definition) is 1. The Morgan fingerprint density at radius 1 is 1.35 bits per heavy atom. The minimum absolute atomic E-state index is 0.235. The maximum absolute atomic E-state index is 13.3. The number of aromatic nitrogens is 1. The molecule has 0 aliphatic carbocycles. The van der Waals surface area contributed by atoms with E-state index in [1.165, 1.54) is 12.1 Å². The van der Waals surface area contributed by atoms with Gasteiger partial charge in [0.25, 0.3) is 0 Å². The van der Waals surface area contributed by atoms with Crippen molar-refractivity contribution in [2.45, 2.75) is 19.6 Å². The molecule has 1 aromatic heterocycles. The molecule has 2 aromatic rings. The summed E-state index contributed by atoms with van der Waals surface area (Å²) in [6, 6.07) is 7.74. The highest BCUT2D eigenvalue weighted by Gasteiger charge is 2.11. The quantitative estimate of drug-likeness (QED) is 0.912. The van der Waals surface area contributed by atoms with Crippen molar-refractivity contribution in [3.05, 3.63) is 53.5 Å². The molecule has 0 saturated carbocycles. The number of nitrogens with zero attached hydrogens (tertiary/aromatic N) is 1. The van der Waals surface area contributed by atoms with Crippen LogP contribution in [-0.4, -0.2) is 12.1 Å². The van der Waals surface area contributed by atoms with Crippen molar-refractivity contribution in [2.24, 2.45) is 5.73 Å². The number of nitrogens with two attached hydrogens (primary N) is 1. The van der Waals surface area contributed by atoms with Gasteiger partial charge in [0.15, 0.2) is 0 Å². The van der Waals surface area contributed by atoms with Crippen molar-refractivity contribution < 1.29 is 13.9 Å². The first-order chi connectivity index (χ1) is 9.61. The second-order valence-electron chi connectivity index (χ2n) is 4.43. The molecule has 5 heteroatoms. The van der Waals surface area contributed by atoms with Crippen molar-refractivity contribution >= 4 is 0 Å². The van der Waals surface area contributed by atoms with E-state index in [0.29, 0.717) is 11.6 Å². The van der Waals surface area contributed by atoms with Gasteiger partial charge < -0.3 is 15.2 Å². The molecule has 106 valence electrons. The molecule has 1 aromatic carbocycles. The Kier molecular flexibility index (Phi) is 4.53. The molecule has 0 aliphatic rings. The summed E-state index contributed by atoms with van der Waals surface area (Å²) in [4.78, 5) is 4.08. The van der Waals surface area contributed by atoms with E-state index < -0.39 is 0 Å². The van der Waals surface area contributed by atoms with Crippen LogP contribution in [0.15, 0.2) is 36.5 Å². The summed E-state index contributed by atoms with van der Waals surface area (Å²) in [6.45, 7) is 2.06. The van der Waals surface area contributed by atoms with Gasteiger partial charge in [0, 0.05) is 23.9 Å². The van der Waals surface area contributed by atoms with E-state index >= 15 is 0 Å². The molecule has 2 N–H and O–H groups in total. The van der Waals surface area contributed by atoms with Crippen LogP contribution in [0, 0.1) is 5.82 Å². The standard InChI is InChI=1S/C15H17FN2O2/c1-10(17)13-6-5-12(16)8-14(13)20-9-11-4-3-7-18-15(11)19-2/h3-8,10H,9,17H2,1-2H3. The summed E-state index contributed by atoms with van der Waals surface area (Å²) in [6.07, 6.45) is 1.64. The fraction of sp³-hybridized carbons (Fsp3) is 0.267. The maximum Gasteiger partial charge on any atom is 0.219 e. The molecule has 20 heavy (non-hydrogen) atoms. The average Bonchev–Trinajstić information content (AvgIpc) is 2.45. The molecule has 0 radical (unpaired) electrons. The summed E-state index contributed by atoms with van der Waals surface area (Å²) in [5, 5.41) is 0. The van der Waals surface area contributed by atoms with Gasteiger partial charge in [-0.2, -0.15) is 0 Å². The fourth-order valence-corrected chi connectivity index (χ4v) is 1.88. The lowest BCUT2D eigenvalue weighted by molar-refractivity contribution is 0.288. The van der Waals surface area contributed by atoms with Gasteiger partial charge in [0.1, 0.15) is 18.2 Å². The second-order valence-corrected chi connectivity index (χ2v) is 4.43. The van der Waals surface area contributed by atoms with Gasteiger partial charge in [-0.25, -0.2) is 9.37 Å². The molecule has 0 bridgehead atoms. The first kappa shape index (κ1) is 14.3. The normalized spacial score (nSPS) is 12.0. The summed E-state index contributed by atoms with van der Waals surface area (Å²) in [7, 11) is 1.54. The van der Waals surface area contributed by atoms with E-state index in [2.05, 4.69) is 4.98 Å². The van der Waals surface area contributed by atoms with E-state index in [4.69, 9.17) is 15.2 Å². The lowest BCUT2D eigenvalue weighted by Gasteiger charge is -2.15. The minimum Gasteiger partial charge on any atom is -0.488 e. The van der Waals surface area contributed by atoms with E-state index in [1.807, 2.05) is 13.0 Å². The molecule has 0 saturated heterocycles. The third kappa shape index (κ3) is 3.24. The zero-order valence-corrected chi connectivity index (χ0v) is 11.5. The van der Waals surface area contributed by atoms with Crippen molar-refractivity contribution in [2.75, 3.05) is 7.11 Å². The number of rotatable bonds is 5. The van der Waals surface area contributed by atoms with Gasteiger partial charge in [-0.1, -0.05) is 6.07 Å². The molecule has 0 spiro atoms. The fourth-order valence-electron chi connectivity index (χ4n) is 1.88. The average molecular weight is 276 g/mol. The van der Waals surface area contributed by atoms with Crippen molar-refractivity contribution in [1.82, 2.24) is 4.98 Å². The van der Waals surface area contributed by atoms with Crippen LogP contribution in [0.25, 0.3) is 0 Å². The molecular weight excluding hydrogens is 259 g/mol. The van der Waals surface area contributed by atoms with E-state index in [0.717, 1.165) is 11.1 Å². The Bertz CT molecular complexity index is 588. The van der Waals surface area contributed by atoms with Crippen LogP contribution in [0.5, 0.6) is 11.6 Å². The van der Waals surface area contributed by atoms with Gasteiger partial charge in [0.2, 0.25) is 5.88 Å². The van der Waals surface area contributed by atoms with Gasteiger partial charge in [-0.15, -0.1) is 0 Å². The Morgan fingerprint density at radius 2 is 2.15 bits per heavy atom. The van der Waals surface area contributed by atoms with E-state index in [-0.39, 0.29) is 18.5 Å². The number of benzene rings is 1. The van der Waals surface area contributed by atoms with Crippen molar-refractivity contribution in [1.29, 1.82) is 0 Å². The Balaban J connectivity index is 2.20. The SMILES string of the molecule is COc1ncccc1COc1cc(F)ccc1C(C)N. The number of methoxy groups -OCH3 is 1. The van der Waals surface area contributed by atoms with Gasteiger partial charge in [-0.05, 0) is 25.1 Å². The van der Waals surface area contributed by atoms with Gasteiger partial charge in [-0.3, -0.25) is 0 Å². The molecule has 1 heterocycles. The Labute approximate surface area is 117 Å². The van der Waals surface area contributed by atoms with Gasteiger partial charge >= 0.3 is 0 Å². The second kappa shape index (κ2) is 6.34. The van der Waals surface area contributed by atoms with Crippen LogP contribution in [0.4, 0.5) is 4.39 Å². The molecule has 1 unspecified atom stereocenters. The number of ether oxygens (including phenoxy) is 2. The van der Waals surface area contributed by atoms with Crippen molar-refractivity contribution in [3.63, 3.8) is 0 Å². The smallest absolute Gasteiger partial charge is 0.219 e. The lowest BCUT2D eigenvalue weighted by Crippen LogP contribution is -2.09. The summed E-state index contributed by atoms with van der Waals surface area (Å²) in [5.41, 5.74) is 7.40. The largest absolute Gasteiger partial charge is 0.488 e. The molecule has 0 fully saturated rings. The lowest BCUT2D eigenvalue weighted by atomic mass is 10.1.